The molecule has 0 aliphatic rings. The third-order valence-corrected chi connectivity index (χ3v) is 3.50. The Morgan fingerprint density at radius 3 is 2.72 bits per heavy atom. The molecule has 4 nitrogen and oxygen atoms in total. The fourth-order valence-corrected chi connectivity index (χ4v) is 2.79. The van der Waals surface area contributed by atoms with Gasteiger partial charge in [0.15, 0.2) is 0 Å². The summed E-state index contributed by atoms with van der Waals surface area (Å²) in [4.78, 5) is 4.90. The second kappa shape index (κ2) is 5.49. The van der Waals surface area contributed by atoms with Crippen LogP contribution in [-0.4, -0.2) is 21.6 Å². The van der Waals surface area contributed by atoms with Gasteiger partial charge >= 0.3 is 0 Å². The third kappa shape index (κ3) is 2.54. The molecule has 1 N–H and O–H groups in total. The molecule has 0 spiro atoms. The normalized spacial score (nSPS) is 12.9. The van der Waals surface area contributed by atoms with Crippen molar-refractivity contribution in [1.82, 2.24) is 19.9 Å². The van der Waals surface area contributed by atoms with Crippen LogP contribution in [0.4, 0.5) is 4.39 Å². The van der Waals surface area contributed by atoms with Crippen LogP contribution >= 0.6 is 11.5 Å². The van der Waals surface area contributed by atoms with Gasteiger partial charge in [0.1, 0.15) is 5.82 Å². The average Bonchev–Trinajstić information content (AvgIpc) is 2.79. The summed E-state index contributed by atoms with van der Waals surface area (Å²) in [6, 6.07) is 1.36. The zero-order chi connectivity index (χ0) is 13.1. The molecule has 0 saturated heterocycles. The predicted octanol–water partition coefficient (Wildman–Crippen LogP) is 2.50. The third-order valence-electron chi connectivity index (χ3n) is 2.70. The van der Waals surface area contributed by atoms with E-state index in [0.717, 1.165) is 16.1 Å². The highest BCUT2D eigenvalue weighted by Gasteiger charge is 2.21. The highest BCUT2D eigenvalue weighted by molar-refractivity contribution is 7.05. The van der Waals surface area contributed by atoms with Gasteiger partial charge in [-0.2, -0.15) is 0 Å². The number of hydrogen-bond donors (Lipinski definition) is 1. The molecule has 0 bridgehead atoms. The lowest BCUT2D eigenvalue weighted by Gasteiger charge is -2.16. The van der Waals surface area contributed by atoms with Crippen molar-refractivity contribution in [3.8, 4) is 0 Å². The van der Waals surface area contributed by atoms with E-state index in [0.29, 0.717) is 0 Å². The molecule has 2 aromatic heterocycles. The van der Waals surface area contributed by atoms with E-state index in [2.05, 4.69) is 33.7 Å². The first-order valence-electron chi connectivity index (χ1n) is 5.73. The Morgan fingerprint density at radius 2 is 2.11 bits per heavy atom. The SMILES string of the molecule is CNC(c1cncc(F)c1)c1snnc1C(C)C. The summed E-state index contributed by atoms with van der Waals surface area (Å²) >= 11 is 1.34. The summed E-state index contributed by atoms with van der Waals surface area (Å²) in [6.07, 6.45) is 2.86. The second-order valence-corrected chi connectivity index (χ2v) is 5.12. The molecule has 0 fully saturated rings. The molecule has 2 heterocycles. The molecule has 0 saturated carbocycles. The predicted molar refractivity (Wildman–Crippen MR) is 69.1 cm³/mol. The van der Waals surface area contributed by atoms with Crippen LogP contribution in [-0.2, 0) is 0 Å². The monoisotopic (exact) mass is 266 g/mol. The minimum atomic E-state index is -0.337. The van der Waals surface area contributed by atoms with Crippen molar-refractivity contribution in [3.05, 3.63) is 40.4 Å². The van der Waals surface area contributed by atoms with Crippen molar-refractivity contribution >= 4 is 11.5 Å². The standard InChI is InChI=1S/C12H15FN4S/c1-7(2)10-12(18-17-16-10)11(14-3)8-4-9(13)6-15-5-8/h4-7,11,14H,1-3H3. The minimum Gasteiger partial charge on any atom is -0.309 e. The van der Waals surface area contributed by atoms with Gasteiger partial charge < -0.3 is 5.32 Å². The van der Waals surface area contributed by atoms with Gasteiger partial charge in [0.05, 0.1) is 22.8 Å². The molecule has 0 radical (unpaired) electrons. The maximum Gasteiger partial charge on any atom is 0.141 e. The van der Waals surface area contributed by atoms with Crippen molar-refractivity contribution in [2.75, 3.05) is 7.05 Å². The van der Waals surface area contributed by atoms with Crippen LogP contribution in [0.2, 0.25) is 0 Å². The van der Waals surface area contributed by atoms with Crippen molar-refractivity contribution in [1.29, 1.82) is 0 Å². The van der Waals surface area contributed by atoms with Gasteiger partial charge in [-0.05, 0) is 36.1 Å². The quantitative estimate of drug-likeness (QED) is 0.923. The summed E-state index contributed by atoms with van der Waals surface area (Å²) in [5.41, 5.74) is 1.73. The van der Waals surface area contributed by atoms with Gasteiger partial charge in [0.2, 0.25) is 0 Å². The first-order chi connectivity index (χ1) is 8.63. The maximum absolute atomic E-state index is 13.2. The molecular formula is C12H15FN4S. The summed E-state index contributed by atoms with van der Waals surface area (Å²) in [6.45, 7) is 4.13. The highest BCUT2D eigenvalue weighted by atomic mass is 32.1. The van der Waals surface area contributed by atoms with Gasteiger partial charge in [-0.25, -0.2) is 4.39 Å². The number of pyridine rings is 1. The van der Waals surface area contributed by atoms with E-state index < -0.39 is 0 Å². The Kier molecular flexibility index (Phi) is 3.98. The largest absolute Gasteiger partial charge is 0.309 e. The molecule has 0 aliphatic heterocycles. The second-order valence-electron chi connectivity index (χ2n) is 4.34. The summed E-state index contributed by atoms with van der Waals surface area (Å²) < 4.78 is 17.2. The molecule has 1 atom stereocenters. The van der Waals surface area contributed by atoms with Gasteiger partial charge in [-0.3, -0.25) is 4.98 Å². The van der Waals surface area contributed by atoms with Crippen LogP contribution in [0.3, 0.4) is 0 Å². The van der Waals surface area contributed by atoms with E-state index in [4.69, 9.17) is 0 Å². The minimum absolute atomic E-state index is 0.120. The first kappa shape index (κ1) is 13.0. The fraction of sp³-hybridized carbons (Fsp3) is 0.417. The number of halogens is 1. The number of rotatable bonds is 4. The zero-order valence-corrected chi connectivity index (χ0v) is 11.3. The number of hydrogen-bond acceptors (Lipinski definition) is 5. The summed E-state index contributed by atoms with van der Waals surface area (Å²) in [5.74, 6) is -0.0487. The lowest BCUT2D eigenvalue weighted by molar-refractivity contribution is 0.608. The Morgan fingerprint density at radius 1 is 1.33 bits per heavy atom. The molecular weight excluding hydrogens is 251 g/mol. The van der Waals surface area contributed by atoms with E-state index >= 15 is 0 Å². The Hall–Kier alpha value is -1.40. The topological polar surface area (TPSA) is 50.7 Å². The van der Waals surface area contributed by atoms with Crippen LogP contribution in [0.15, 0.2) is 18.5 Å². The first-order valence-corrected chi connectivity index (χ1v) is 6.50. The lowest BCUT2D eigenvalue weighted by atomic mass is 10.0. The Balaban J connectivity index is 2.42. The maximum atomic E-state index is 13.2. The average molecular weight is 266 g/mol. The summed E-state index contributed by atoms with van der Waals surface area (Å²) in [7, 11) is 1.83. The molecule has 96 valence electrons. The molecule has 0 aliphatic carbocycles. The van der Waals surface area contributed by atoms with Crippen molar-refractivity contribution in [3.63, 3.8) is 0 Å². The van der Waals surface area contributed by atoms with E-state index in [1.54, 1.807) is 6.20 Å². The van der Waals surface area contributed by atoms with Crippen LogP contribution in [0.25, 0.3) is 0 Å². The van der Waals surface area contributed by atoms with E-state index in [-0.39, 0.29) is 17.8 Å². The van der Waals surface area contributed by atoms with E-state index in [1.165, 1.54) is 23.8 Å². The van der Waals surface area contributed by atoms with Crippen LogP contribution in [0.1, 0.15) is 41.9 Å². The van der Waals surface area contributed by atoms with Crippen LogP contribution in [0, 0.1) is 5.82 Å². The van der Waals surface area contributed by atoms with Crippen LogP contribution in [0.5, 0.6) is 0 Å². The Labute approximate surface area is 109 Å². The van der Waals surface area contributed by atoms with Gasteiger partial charge in [-0.15, -0.1) is 5.10 Å². The zero-order valence-electron chi connectivity index (χ0n) is 10.5. The smallest absolute Gasteiger partial charge is 0.141 e. The lowest BCUT2D eigenvalue weighted by Crippen LogP contribution is -2.18. The highest BCUT2D eigenvalue weighted by Crippen LogP contribution is 2.30. The number of nitrogens with one attached hydrogen (secondary N) is 1. The molecule has 0 aromatic carbocycles. The van der Waals surface area contributed by atoms with Crippen molar-refractivity contribution in [2.45, 2.75) is 25.8 Å². The fourth-order valence-electron chi connectivity index (χ4n) is 1.84. The van der Waals surface area contributed by atoms with Crippen molar-refractivity contribution < 1.29 is 4.39 Å². The van der Waals surface area contributed by atoms with Gasteiger partial charge in [0.25, 0.3) is 0 Å². The summed E-state index contributed by atoms with van der Waals surface area (Å²) in [5, 5.41) is 7.31. The molecule has 0 amide bonds. The van der Waals surface area contributed by atoms with Crippen LogP contribution < -0.4 is 5.32 Å². The molecule has 2 rings (SSSR count). The van der Waals surface area contributed by atoms with E-state index in [9.17, 15) is 4.39 Å². The van der Waals surface area contributed by atoms with E-state index in [1.807, 2.05) is 7.05 Å². The molecule has 1 unspecified atom stereocenters. The Bertz CT molecular complexity index is 526. The molecule has 18 heavy (non-hydrogen) atoms. The molecule has 6 heteroatoms. The molecule has 2 aromatic rings. The number of nitrogens with zero attached hydrogens (tertiary/aromatic N) is 3. The van der Waals surface area contributed by atoms with Crippen molar-refractivity contribution in [2.24, 2.45) is 0 Å². The number of aromatic nitrogens is 3. The van der Waals surface area contributed by atoms with Gasteiger partial charge in [-0.1, -0.05) is 18.3 Å². The van der Waals surface area contributed by atoms with Gasteiger partial charge in [0, 0.05) is 6.20 Å².